The molecular formula is C14H17NO2. The summed E-state index contributed by atoms with van der Waals surface area (Å²) in [6.45, 7) is 6.22. The molecule has 0 aromatic heterocycles. The number of hydrogen-bond donors (Lipinski definition) is 0. The summed E-state index contributed by atoms with van der Waals surface area (Å²) in [5, 5.41) is 8.91. The van der Waals surface area contributed by atoms with Crippen molar-refractivity contribution in [1.82, 2.24) is 0 Å². The van der Waals surface area contributed by atoms with Gasteiger partial charge in [0.05, 0.1) is 6.61 Å². The highest BCUT2D eigenvalue weighted by molar-refractivity contribution is 5.93. The fourth-order valence-corrected chi connectivity index (χ4v) is 1.62. The van der Waals surface area contributed by atoms with E-state index in [4.69, 9.17) is 10.00 Å². The lowest BCUT2D eigenvalue weighted by molar-refractivity contribution is -0.138. The zero-order valence-electron chi connectivity index (χ0n) is 10.5. The summed E-state index contributed by atoms with van der Waals surface area (Å²) in [7, 11) is 0. The molecule has 1 aliphatic rings. The lowest BCUT2D eigenvalue weighted by Gasteiger charge is -2.17. The molecule has 0 aromatic rings. The summed E-state index contributed by atoms with van der Waals surface area (Å²) >= 11 is 0. The van der Waals surface area contributed by atoms with Gasteiger partial charge >= 0.3 is 5.97 Å². The lowest BCUT2D eigenvalue weighted by Crippen LogP contribution is -2.08. The number of esters is 1. The average Bonchev–Trinajstić information content (AvgIpc) is 2.30. The van der Waals surface area contributed by atoms with Crippen LogP contribution in [-0.4, -0.2) is 12.6 Å². The molecule has 0 N–H and O–H groups in total. The quantitative estimate of drug-likeness (QED) is 0.426. The molecule has 90 valence electrons. The Morgan fingerprint density at radius 2 is 2.35 bits per heavy atom. The number of nitrogens with zero attached hydrogens (tertiary/aromatic N) is 1. The molecule has 1 unspecified atom stereocenters. The van der Waals surface area contributed by atoms with Crippen molar-refractivity contribution in [3.05, 3.63) is 34.9 Å². The maximum absolute atomic E-state index is 11.4. The van der Waals surface area contributed by atoms with Crippen LogP contribution in [0.1, 0.15) is 27.2 Å². The van der Waals surface area contributed by atoms with E-state index >= 15 is 0 Å². The molecule has 0 spiro atoms. The third kappa shape index (κ3) is 3.60. The van der Waals surface area contributed by atoms with E-state index in [1.165, 1.54) is 5.57 Å². The minimum Gasteiger partial charge on any atom is -0.462 e. The molecule has 0 radical (unpaired) electrons. The van der Waals surface area contributed by atoms with Crippen LogP contribution in [0.4, 0.5) is 0 Å². The standard InChI is InChI=1S/C14H17NO2/c1-4-17-14(16)13(9-15)8-12-6-5-10(2)11(3)7-12/h5-6,8,11H,4,7H2,1-3H3/b13-8+. The Morgan fingerprint density at radius 3 is 2.88 bits per heavy atom. The molecule has 0 saturated heterocycles. The van der Waals surface area contributed by atoms with Crippen molar-refractivity contribution in [2.75, 3.05) is 6.61 Å². The van der Waals surface area contributed by atoms with Gasteiger partial charge in [-0.3, -0.25) is 0 Å². The Labute approximate surface area is 102 Å². The minimum atomic E-state index is -0.546. The van der Waals surface area contributed by atoms with Crippen molar-refractivity contribution >= 4 is 5.97 Å². The monoisotopic (exact) mass is 231 g/mol. The number of allylic oxidation sites excluding steroid dienone is 5. The van der Waals surface area contributed by atoms with Crippen molar-refractivity contribution in [3.8, 4) is 6.07 Å². The first-order valence-corrected chi connectivity index (χ1v) is 5.74. The highest BCUT2D eigenvalue weighted by Crippen LogP contribution is 2.25. The van der Waals surface area contributed by atoms with Crippen LogP contribution < -0.4 is 0 Å². The van der Waals surface area contributed by atoms with Crippen molar-refractivity contribution in [3.63, 3.8) is 0 Å². The highest BCUT2D eigenvalue weighted by atomic mass is 16.5. The molecule has 17 heavy (non-hydrogen) atoms. The zero-order valence-corrected chi connectivity index (χ0v) is 10.5. The topological polar surface area (TPSA) is 50.1 Å². The van der Waals surface area contributed by atoms with Gasteiger partial charge in [0.1, 0.15) is 11.6 Å². The molecule has 1 atom stereocenters. The molecule has 0 aromatic carbocycles. The normalized spacial score (nSPS) is 20.1. The summed E-state index contributed by atoms with van der Waals surface area (Å²) in [6.07, 6.45) is 6.45. The van der Waals surface area contributed by atoms with Crippen LogP contribution in [0.2, 0.25) is 0 Å². The number of nitriles is 1. The van der Waals surface area contributed by atoms with E-state index in [2.05, 4.69) is 13.8 Å². The lowest BCUT2D eigenvalue weighted by atomic mass is 9.89. The number of rotatable bonds is 3. The Balaban J connectivity index is 2.88. The third-order valence-electron chi connectivity index (χ3n) is 2.83. The third-order valence-corrected chi connectivity index (χ3v) is 2.83. The number of ether oxygens (including phenoxy) is 1. The van der Waals surface area contributed by atoms with Crippen molar-refractivity contribution in [2.45, 2.75) is 27.2 Å². The molecule has 0 amide bonds. The van der Waals surface area contributed by atoms with E-state index in [1.54, 1.807) is 13.0 Å². The fraction of sp³-hybridized carbons (Fsp3) is 0.429. The summed E-state index contributed by atoms with van der Waals surface area (Å²) in [6, 6.07) is 1.89. The molecule has 0 fully saturated rings. The molecule has 1 aliphatic carbocycles. The van der Waals surface area contributed by atoms with E-state index in [0.717, 1.165) is 12.0 Å². The first-order valence-electron chi connectivity index (χ1n) is 5.74. The number of carbonyl (C=O) groups is 1. The molecular weight excluding hydrogens is 214 g/mol. The minimum absolute atomic E-state index is 0.0678. The molecule has 0 saturated carbocycles. The van der Waals surface area contributed by atoms with Gasteiger partial charge in [0.2, 0.25) is 0 Å². The first-order chi connectivity index (χ1) is 8.08. The Kier molecular flexibility index (Phi) is 4.71. The van der Waals surface area contributed by atoms with Gasteiger partial charge in [-0.2, -0.15) is 5.26 Å². The van der Waals surface area contributed by atoms with E-state index in [1.807, 2.05) is 18.2 Å². The second-order valence-electron chi connectivity index (χ2n) is 4.15. The molecule has 3 heteroatoms. The predicted octanol–water partition coefficient (Wildman–Crippen LogP) is 2.91. The van der Waals surface area contributed by atoms with Gasteiger partial charge < -0.3 is 4.74 Å². The molecule has 0 aliphatic heterocycles. The Hall–Kier alpha value is -1.82. The van der Waals surface area contributed by atoms with Crippen LogP contribution in [0.15, 0.2) is 34.9 Å². The van der Waals surface area contributed by atoms with Crippen LogP contribution in [0.3, 0.4) is 0 Å². The summed E-state index contributed by atoms with van der Waals surface area (Å²) in [4.78, 5) is 11.4. The molecule has 1 rings (SSSR count). The molecule has 0 bridgehead atoms. The maximum Gasteiger partial charge on any atom is 0.348 e. The van der Waals surface area contributed by atoms with Crippen LogP contribution >= 0.6 is 0 Å². The Bertz CT molecular complexity index is 436. The summed E-state index contributed by atoms with van der Waals surface area (Å²) < 4.78 is 4.81. The SMILES string of the molecule is CCOC(=O)/C(C#N)=C/C1=CC=C(C)C(C)C1. The van der Waals surface area contributed by atoms with Crippen LogP contribution in [-0.2, 0) is 9.53 Å². The smallest absolute Gasteiger partial charge is 0.348 e. The van der Waals surface area contributed by atoms with Crippen molar-refractivity contribution in [1.29, 1.82) is 5.26 Å². The summed E-state index contributed by atoms with van der Waals surface area (Å²) in [5.41, 5.74) is 2.38. The maximum atomic E-state index is 11.4. The average molecular weight is 231 g/mol. The van der Waals surface area contributed by atoms with Crippen LogP contribution in [0.5, 0.6) is 0 Å². The van der Waals surface area contributed by atoms with Gasteiger partial charge in [-0.05, 0) is 37.8 Å². The largest absolute Gasteiger partial charge is 0.462 e. The number of carbonyl (C=O) groups excluding carboxylic acids is 1. The zero-order chi connectivity index (χ0) is 12.8. The van der Waals surface area contributed by atoms with Crippen LogP contribution in [0, 0.1) is 17.2 Å². The molecule has 0 heterocycles. The van der Waals surface area contributed by atoms with Gasteiger partial charge in [0, 0.05) is 0 Å². The van der Waals surface area contributed by atoms with Gasteiger partial charge in [-0.15, -0.1) is 0 Å². The van der Waals surface area contributed by atoms with E-state index in [0.29, 0.717) is 5.92 Å². The second kappa shape index (κ2) is 6.05. The van der Waals surface area contributed by atoms with Crippen LogP contribution in [0.25, 0.3) is 0 Å². The Morgan fingerprint density at radius 1 is 1.65 bits per heavy atom. The van der Waals surface area contributed by atoms with Gasteiger partial charge in [-0.25, -0.2) is 4.79 Å². The second-order valence-corrected chi connectivity index (χ2v) is 4.15. The highest BCUT2D eigenvalue weighted by Gasteiger charge is 2.14. The van der Waals surface area contributed by atoms with Gasteiger partial charge in [0.25, 0.3) is 0 Å². The van der Waals surface area contributed by atoms with Gasteiger partial charge in [-0.1, -0.05) is 24.6 Å². The predicted molar refractivity (Wildman–Crippen MR) is 66.0 cm³/mol. The molecule has 3 nitrogen and oxygen atoms in total. The van der Waals surface area contributed by atoms with Crippen molar-refractivity contribution in [2.24, 2.45) is 5.92 Å². The van der Waals surface area contributed by atoms with Gasteiger partial charge in [0.15, 0.2) is 0 Å². The number of hydrogen-bond acceptors (Lipinski definition) is 3. The van der Waals surface area contributed by atoms with E-state index in [9.17, 15) is 4.79 Å². The van der Waals surface area contributed by atoms with E-state index < -0.39 is 5.97 Å². The fourth-order valence-electron chi connectivity index (χ4n) is 1.62. The summed E-state index contributed by atoms with van der Waals surface area (Å²) in [5.74, 6) is -0.0942. The van der Waals surface area contributed by atoms with Crippen molar-refractivity contribution < 1.29 is 9.53 Å². The first kappa shape index (κ1) is 13.2. The van der Waals surface area contributed by atoms with E-state index in [-0.39, 0.29) is 12.2 Å².